The van der Waals surface area contributed by atoms with Gasteiger partial charge in [0.05, 0.1) is 26.9 Å². The van der Waals surface area contributed by atoms with Crippen molar-refractivity contribution in [3.63, 3.8) is 0 Å². The lowest BCUT2D eigenvalue weighted by molar-refractivity contribution is -0.318. The van der Waals surface area contributed by atoms with E-state index in [0.717, 1.165) is 12.1 Å². The maximum absolute atomic E-state index is 13.8. The molecule has 1 aromatic heterocycles. The molecule has 2 aromatic carbocycles. The molecule has 3 aromatic rings. The van der Waals surface area contributed by atoms with Crippen LogP contribution in [0.3, 0.4) is 0 Å². The Morgan fingerprint density at radius 2 is 1.37 bits per heavy atom. The maximum atomic E-state index is 13.8. The number of methoxy groups -OCH3 is 2. The number of fused-ring (bicyclic) bond motifs is 1. The number of rotatable bonds is 8. The zero-order valence-electron chi connectivity index (χ0n) is 24.6. The molecule has 17 nitrogen and oxygen atoms in total. The Hall–Kier alpha value is -3.91. The number of aromatic hydroxyl groups is 3. The molecule has 0 spiro atoms. The van der Waals surface area contributed by atoms with Crippen LogP contribution in [-0.4, -0.2) is 128 Å². The Morgan fingerprint density at radius 1 is 0.761 bits per heavy atom. The van der Waals surface area contributed by atoms with Gasteiger partial charge in [-0.05, 0) is 19.1 Å². The standard InChI is InChI=1S/C29H34O17/c1-9-18(32)22(36)24(38)28(43-9)42-8-16-20(34)23(37)25(39)29(45-16)46-27-21(35)17-12(31)6-11(30)7-13(17)44-26(27)10-4-14(40-2)19(33)15(5-10)41-3/h4-7,9,16,18,20,22-25,28-34,36-39H,8H2,1-3H3. The van der Waals surface area contributed by atoms with Gasteiger partial charge < -0.3 is 78.8 Å². The van der Waals surface area contributed by atoms with E-state index in [0.29, 0.717) is 0 Å². The highest BCUT2D eigenvalue weighted by Gasteiger charge is 2.48. The second kappa shape index (κ2) is 13.1. The minimum Gasteiger partial charge on any atom is -0.508 e. The van der Waals surface area contributed by atoms with Crippen LogP contribution < -0.4 is 19.6 Å². The number of phenolic OH excluding ortho intramolecular Hbond substituents is 3. The first kappa shape index (κ1) is 33.5. The van der Waals surface area contributed by atoms with Crippen molar-refractivity contribution in [2.75, 3.05) is 20.8 Å². The predicted octanol–water partition coefficient (Wildman–Crippen LogP) is -1.38. The number of aliphatic hydroxyl groups is 6. The van der Waals surface area contributed by atoms with Crippen LogP contribution in [0.25, 0.3) is 22.3 Å². The van der Waals surface area contributed by atoms with Crippen molar-refractivity contribution in [1.29, 1.82) is 0 Å². The molecule has 10 unspecified atom stereocenters. The minimum atomic E-state index is -1.97. The normalized spacial score (nSPS) is 31.5. The summed E-state index contributed by atoms with van der Waals surface area (Å²) in [5.41, 5.74) is -1.27. The topological polar surface area (TPSA) is 268 Å². The van der Waals surface area contributed by atoms with E-state index < -0.39 is 96.1 Å². The van der Waals surface area contributed by atoms with Crippen molar-refractivity contribution < 1.29 is 78.8 Å². The molecule has 2 fully saturated rings. The molecule has 0 saturated carbocycles. The van der Waals surface area contributed by atoms with Crippen molar-refractivity contribution in [1.82, 2.24) is 0 Å². The van der Waals surface area contributed by atoms with Crippen LogP contribution in [0.15, 0.2) is 33.5 Å². The Labute approximate surface area is 259 Å². The number of hydrogen-bond donors (Lipinski definition) is 9. The highest BCUT2D eigenvalue weighted by Crippen LogP contribution is 2.44. The lowest BCUT2D eigenvalue weighted by atomic mass is 9.98. The van der Waals surface area contributed by atoms with Gasteiger partial charge in [-0.2, -0.15) is 0 Å². The van der Waals surface area contributed by atoms with Gasteiger partial charge >= 0.3 is 0 Å². The first-order valence-corrected chi connectivity index (χ1v) is 13.9. The van der Waals surface area contributed by atoms with Crippen molar-refractivity contribution in [3.8, 4) is 45.8 Å². The van der Waals surface area contributed by atoms with Gasteiger partial charge in [0.2, 0.25) is 23.2 Å². The van der Waals surface area contributed by atoms with E-state index in [1.165, 1.54) is 33.3 Å². The molecular weight excluding hydrogens is 620 g/mol. The number of aliphatic hydroxyl groups excluding tert-OH is 6. The van der Waals surface area contributed by atoms with Crippen molar-refractivity contribution in [2.45, 2.75) is 68.3 Å². The van der Waals surface area contributed by atoms with Crippen molar-refractivity contribution >= 4 is 11.0 Å². The summed E-state index contributed by atoms with van der Waals surface area (Å²) in [6, 6.07) is 4.45. The zero-order valence-corrected chi connectivity index (χ0v) is 24.6. The van der Waals surface area contributed by atoms with Crippen LogP contribution in [0.1, 0.15) is 6.92 Å². The number of benzene rings is 2. The van der Waals surface area contributed by atoms with Crippen LogP contribution in [0.4, 0.5) is 0 Å². The predicted molar refractivity (Wildman–Crippen MR) is 152 cm³/mol. The number of ether oxygens (including phenoxy) is 6. The Kier molecular flexibility index (Phi) is 9.50. The van der Waals surface area contributed by atoms with E-state index in [1.54, 1.807) is 0 Å². The molecule has 252 valence electrons. The molecule has 0 radical (unpaired) electrons. The largest absolute Gasteiger partial charge is 0.508 e. The Bertz CT molecular complexity index is 1600. The summed E-state index contributed by atoms with van der Waals surface area (Å²) in [7, 11) is 2.51. The average Bonchev–Trinajstić information content (AvgIpc) is 3.02. The van der Waals surface area contributed by atoms with E-state index in [1.807, 2.05) is 0 Å². The summed E-state index contributed by atoms with van der Waals surface area (Å²) in [6.45, 7) is 0.824. The molecule has 17 heteroatoms. The Balaban J connectivity index is 1.52. The molecule has 5 rings (SSSR count). The third kappa shape index (κ3) is 5.99. The van der Waals surface area contributed by atoms with Gasteiger partial charge in [-0.25, -0.2) is 0 Å². The fourth-order valence-electron chi connectivity index (χ4n) is 5.20. The molecule has 2 aliphatic heterocycles. The van der Waals surface area contributed by atoms with Gasteiger partial charge in [-0.3, -0.25) is 4.79 Å². The van der Waals surface area contributed by atoms with Gasteiger partial charge in [-0.1, -0.05) is 0 Å². The lowest BCUT2D eigenvalue weighted by Crippen LogP contribution is -2.61. The first-order chi connectivity index (χ1) is 21.8. The summed E-state index contributed by atoms with van der Waals surface area (Å²) in [5, 5.41) is 92.7. The van der Waals surface area contributed by atoms with Crippen LogP contribution in [0.2, 0.25) is 0 Å². The van der Waals surface area contributed by atoms with Gasteiger partial charge in [0, 0.05) is 17.7 Å². The zero-order chi connectivity index (χ0) is 33.6. The molecule has 0 aliphatic carbocycles. The second-order valence-corrected chi connectivity index (χ2v) is 10.8. The third-order valence-corrected chi connectivity index (χ3v) is 7.80. The Morgan fingerprint density at radius 3 is 2.00 bits per heavy atom. The summed E-state index contributed by atoms with van der Waals surface area (Å²) in [4.78, 5) is 13.8. The molecule has 9 N–H and O–H groups in total. The SMILES string of the molecule is COc1cc(-c2oc3cc(O)cc(O)c3c(=O)c2OC2OC(COC3OC(C)C(O)C(O)C3O)C(O)C(O)C2O)cc(OC)c1O. The summed E-state index contributed by atoms with van der Waals surface area (Å²) in [5.74, 6) is -2.76. The van der Waals surface area contributed by atoms with Gasteiger partial charge in [0.15, 0.2) is 23.5 Å². The molecule has 2 saturated heterocycles. The summed E-state index contributed by atoms with van der Waals surface area (Å²) < 4.78 is 38.6. The molecule has 0 amide bonds. The van der Waals surface area contributed by atoms with Gasteiger partial charge in [-0.15, -0.1) is 0 Å². The van der Waals surface area contributed by atoms with Gasteiger partial charge in [0.25, 0.3) is 0 Å². The second-order valence-electron chi connectivity index (χ2n) is 10.8. The maximum Gasteiger partial charge on any atom is 0.239 e. The summed E-state index contributed by atoms with van der Waals surface area (Å²) in [6.07, 6.45) is -16.2. The smallest absolute Gasteiger partial charge is 0.239 e. The fraction of sp³-hybridized carbons (Fsp3) is 0.483. The fourth-order valence-corrected chi connectivity index (χ4v) is 5.20. The van der Waals surface area contributed by atoms with Crippen LogP contribution in [0, 0.1) is 0 Å². The molecule has 2 aliphatic rings. The molecule has 10 atom stereocenters. The molecule has 3 heterocycles. The lowest BCUT2D eigenvalue weighted by Gasteiger charge is -2.42. The van der Waals surface area contributed by atoms with E-state index >= 15 is 0 Å². The van der Waals surface area contributed by atoms with E-state index in [-0.39, 0.29) is 34.2 Å². The molecular formula is C29H34O17. The summed E-state index contributed by atoms with van der Waals surface area (Å²) >= 11 is 0. The van der Waals surface area contributed by atoms with Crippen LogP contribution >= 0.6 is 0 Å². The minimum absolute atomic E-state index is 0.0207. The number of hydrogen-bond acceptors (Lipinski definition) is 17. The van der Waals surface area contributed by atoms with Crippen molar-refractivity contribution in [3.05, 3.63) is 34.5 Å². The third-order valence-electron chi connectivity index (χ3n) is 7.80. The quantitative estimate of drug-likeness (QED) is 0.135. The number of phenols is 3. The molecule has 46 heavy (non-hydrogen) atoms. The van der Waals surface area contributed by atoms with E-state index in [4.69, 9.17) is 32.8 Å². The monoisotopic (exact) mass is 654 g/mol. The first-order valence-electron chi connectivity index (χ1n) is 13.9. The van der Waals surface area contributed by atoms with E-state index in [2.05, 4.69) is 0 Å². The van der Waals surface area contributed by atoms with Crippen LogP contribution in [-0.2, 0) is 14.2 Å². The van der Waals surface area contributed by atoms with E-state index in [9.17, 15) is 50.8 Å². The highest BCUT2D eigenvalue weighted by molar-refractivity contribution is 5.88. The highest BCUT2D eigenvalue weighted by atomic mass is 16.7. The van der Waals surface area contributed by atoms with Crippen LogP contribution in [0.5, 0.6) is 34.5 Å². The average molecular weight is 655 g/mol. The van der Waals surface area contributed by atoms with Gasteiger partial charge in [0.1, 0.15) is 65.2 Å². The molecule has 0 bridgehead atoms. The van der Waals surface area contributed by atoms with Crippen molar-refractivity contribution in [2.24, 2.45) is 0 Å².